The van der Waals surface area contributed by atoms with Gasteiger partial charge in [0.05, 0.1) is 17.9 Å². The SMILES string of the molecule is NC=C(C(=O)Nc1cc(Cl)ccc1OCC(O)CO)c1ncccn1. The predicted octanol–water partition coefficient (Wildman–Crippen LogP) is 0.800. The Kier molecular flexibility index (Phi) is 6.70. The van der Waals surface area contributed by atoms with Gasteiger partial charge >= 0.3 is 0 Å². The predicted molar refractivity (Wildman–Crippen MR) is 92.9 cm³/mol. The zero-order valence-electron chi connectivity index (χ0n) is 13.1. The van der Waals surface area contributed by atoms with Crippen LogP contribution in [0.3, 0.4) is 0 Å². The van der Waals surface area contributed by atoms with Crippen molar-refractivity contribution in [2.24, 2.45) is 5.73 Å². The third kappa shape index (κ3) is 5.15. The number of amides is 1. The van der Waals surface area contributed by atoms with E-state index in [1.165, 1.54) is 24.5 Å². The molecule has 0 aliphatic carbocycles. The Balaban J connectivity index is 2.20. The molecule has 2 aromatic rings. The Hall–Kier alpha value is -2.68. The molecular weight excluding hydrogens is 348 g/mol. The minimum Gasteiger partial charge on any atom is -0.489 e. The zero-order chi connectivity index (χ0) is 18.2. The first kappa shape index (κ1) is 18.7. The molecule has 1 unspecified atom stereocenters. The van der Waals surface area contributed by atoms with Crippen LogP contribution in [0.15, 0.2) is 42.9 Å². The van der Waals surface area contributed by atoms with E-state index in [1.54, 1.807) is 12.1 Å². The second kappa shape index (κ2) is 8.97. The number of anilines is 1. The lowest BCUT2D eigenvalue weighted by atomic mass is 10.2. The normalized spacial score (nSPS) is 12.5. The maximum Gasteiger partial charge on any atom is 0.261 e. The van der Waals surface area contributed by atoms with E-state index in [0.717, 1.165) is 6.20 Å². The topological polar surface area (TPSA) is 131 Å². The quantitative estimate of drug-likeness (QED) is 0.534. The molecule has 5 N–H and O–H groups in total. The van der Waals surface area contributed by atoms with Gasteiger partial charge in [-0.3, -0.25) is 4.79 Å². The number of aromatic nitrogens is 2. The molecule has 0 fully saturated rings. The van der Waals surface area contributed by atoms with Gasteiger partial charge in [0.15, 0.2) is 5.82 Å². The maximum atomic E-state index is 12.5. The van der Waals surface area contributed by atoms with Gasteiger partial charge < -0.3 is 26.0 Å². The molecule has 2 rings (SSSR count). The first-order valence-corrected chi connectivity index (χ1v) is 7.65. The lowest BCUT2D eigenvalue weighted by Crippen LogP contribution is -2.22. The summed E-state index contributed by atoms with van der Waals surface area (Å²) in [4.78, 5) is 20.4. The smallest absolute Gasteiger partial charge is 0.261 e. The highest BCUT2D eigenvalue weighted by atomic mass is 35.5. The van der Waals surface area contributed by atoms with Crippen molar-refractivity contribution >= 4 is 28.8 Å². The first-order chi connectivity index (χ1) is 12.0. The van der Waals surface area contributed by atoms with Crippen LogP contribution in [0, 0.1) is 0 Å². The van der Waals surface area contributed by atoms with Gasteiger partial charge in [0.1, 0.15) is 18.5 Å². The molecule has 0 bridgehead atoms. The molecule has 1 aromatic carbocycles. The van der Waals surface area contributed by atoms with Crippen LogP contribution in [-0.2, 0) is 4.79 Å². The number of nitrogens with one attached hydrogen (secondary N) is 1. The third-order valence-electron chi connectivity index (χ3n) is 3.05. The average Bonchev–Trinajstić information content (AvgIpc) is 2.62. The molecule has 9 heteroatoms. The van der Waals surface area contributed by atoms with Crippen molar-refractivity contribution in [3.05, 3.63) is 53.7 Å². The first-order valence-electron chi connectivity index (χ1n) is 7.27. The van der Waals surface area contributed by atoms with Crippen molar-refractivity contribution in [3.8, 4) is 5.75 Å². The summed E-state index contributed by atoms with van der Waals surface area (Å²) in [6, 6.07) is 6.20. The highest BCUT2D eigenvalue weighted by Crippen LogP contribution is 2.29. The van der Waals surface area contributed by atoms with Crippen molar-refractivity contribution in [2.75, 3.05) is 18.5 Å². The molecule has 1 heterocycles. The Bertz CT molecular complexity index is 755. The van der Waals surface area contributed by atoms with E-state index in [2.05, 4.69) is 15.3 Å². The van der Waals surface area contributed by atoms with Gasteiger partial charge in [-0.15, -0.1) is 0 Å². The van der Waals surface area contributed by atoms with Crippen LogP contribution in [0.25, 0.3) is 5.57 Å². The molecule has 25 heavy (non-hydrogen) atoms. The number of ether oxygens (including phenoxy) is 1. The van der Waals surface area contributed by atoms with E-state index in [0.29, 0.717) is 5.02 Å². The molecular formula is C16H17ClN4O4. The summed E-state index contributed by atoms with van der Waals surface area (Å²) in [7, 11) is 0. The molecule has 0 saturated carbocycles. The second-order valence-electron chi connectivity index (χ2n) is 4.89. The lowest BCUT2D eigenvalue weighted by molar-refractivity contribution is -0.111. The number of hydrogen-bond donors (Lipinski definition) is 4. The van der Waals surface area contributed by atoms with Crippen LogP contribution in [-0.4, -0.2) is 45.4 Å². The van der Waals surface area contributed by atoms with Gasteiger partial charge in [-0.2, -0.15) is 0 Å². The minimum atomic E-state index is -1.04. The number of hydrogen-bond acceptors (Lipinski definition) is 7. The minimum absolute atomic E-state index is 0.0712. The number of carbonyl (C=O) groups excluding carboxylic acids is 1. The molecule has 132 valence electrons. The summed E-state index contributed by atoms with van der Waals surface area (Å²) in [6.45, 7) is -0.594. The van der Waals surface area contributed by atoms with E-state index >= 15 is 0 Å². The number of rotatable bonds is 7. The summed E-state index contributed by atoms with van der Waals surface area (Å²) < 4.78 is 5.40. The number of nitrogens with two attached hydrogens (primary N) is 1. The maximum absolute atomic E-state index is 12.5. The molecule has 0 aliphatic rings. The Morgan fingerprint density at radius 3 is 2.76 bits per heavy atom. The van der Waals surface area contributed by atoms with E-state index in [9.17, 15) is 9.90 Å². The largest absolute Gasteiger partial charge is 0.489 e. The van der Waals surface area contributed by atoms with Crippen molar-refractivity contribution in [1.82, 2.24) is 9.97 Å². The van der Waals surface area contributed by atoms with Crippen LogP contribution in [0.1, 0.15) is 5.82 Å². The Morgan fingerprint density at radius 1 is 1.40 bits per heavy atom. The molecule has 1 amide bonds. The lowest BCUT2D eigenvalue weighted by Gasteiger charge is -2.15. The summed E-state index contributed by atoms with van der Waals surface area (Å²) in [5.41, 5.74) is 5.87. The van der Waals surface area contributed by atoms with Gasteiger partial charge in [0, 0.05) is 23.6 Å². The van der Waals surface area contributed by atoms with E-state index in [-0.39, 0.29) is 29.4 Å². The summed E-state index contributed by atoms with van der Waals surface area (Å²) in [6.07, 6.45) is 3.04. The monoisotopic (exact) mass is 364 g/mol. The highest BCUT2D eigenvalue weighted by molar-refractivity contribution is 6.31. The number of carbonyl (C=O) groups is 1. The van der Waals surface area contributed by atoms with E-state index < -0.39 is 18.6 Å². The Labute approximate surface area is 148 Å². The highest BCUT2D eigenvalue weighted by Gasteiger charge is 2.17. The summed E-state index contributed by atoms with van der Waals surface area (Å²) in [5, 5.41) is 21.2. The number of halogens is 1. The second-order valence-corrected chi connectivity index (χ2v) is 5.33. The van der Waals surface area contributed by atoms with Crippen molar-refractivity contribution in [2.45, 2.75) is 6.10 Å². The summed E-state index contributed by atoms with van der Waals surface area (Å²) in [5.74, 6) is -0.109. The number of aliphatic hydroxyl groups is 2. The molecule has 1 atom stereocenters. The van der Waals surface area contributed by atoms with Crippen molar-refractivity contribution < 1.29 is 19.7 Å². The molecule has 0 radical (unpaired) electrons. The molecule has 0 aliphatic heterocycles. The van der Waals surface area contributed by atoms with Crippen molar-refractivity contribution in [1.29, 1.82) is 0 Å². The fourth-order valence-corrected chi connectivity index (χ4v) is 2.02. The van der Waals surface area contributed by atoms with Crippen LogP contribution in [0.5, 0.6) is 5.75 Å². The average molecular weight is 365 g/mol. The fraction of sp³-hybridized carbons (Fsp3) is 0.188. The number of nitrogens with zero attached hydrogens (tertiary/aromatic N) is 2. The Morgan fingerprint density at radius 2 is 2.12 bits per heavy atom. The zero-order valence-corrected chi connectivity index (χ0v) is 13.8. The van der Waals surface area contributed by atoms with Crippen LogP contribution in [0.2, 0.25) is 5.02 Å². The van der Waals surface area contributed by atoms with Gasteiger partial charge in [-0.05, 0) is 24.3 Å². The van der Waals surface area contributed by atoms with Crippen molar-refractivity contribution in [3.63, 3.8) is 0 Å². The standard InChI is InChI=1S/C16H17ClN4O4/c17-10-2-3-14(25-9-11(23)8-22)13(6-10)21-16(24)12(7-18)15-19-4-1-5-20-15/h1-7,11,22-23H,8-9,18H2,(H,21,24). The van der Waals surface area contributed by atoms with Crippen LogP contribution < -0.4 is 15.8 Å². The molecule has 0 spiro atoms. The third-order valence-corrected chi connectivity index (χ3v) is 3.28. The molecule has 8 nitrogen and oxygen atoms in total. The van der Waals surface area contributed by atoms with Gasteiger partial charge in [-0.25, -0.2) is 9.97 Å². The van der Waals surface area contributed by atoms with E-state index in [4.69, 9.17) is 27.2 Å². The molecule has 0 saturated heterocycles. The van der Waals surface area contributed by atoms with Gasteiger partial charge in [0.25, 0.3) is 5.91 Å². The fourth-order valence-electron chi connectivity index (χ4n) is 1.84. The summed E-state index contributed by atoms with van der Waals surface area (Å²) >= 11 is 5.96. The van der Waals surface area contributed by atoms with Crippen LogP contribution >= 0.6 is 11.6 Å². The van der Waals surface area contributed by atoms with E-state index in [1.807, 2.05) is 0 Å². The van der Waals surface area contributed by atoms with Gasteiger partial charge in [0.2, 0.25) is 0 Å². The molecule has 1 aromatic heterocycles. The number of benzene rings is 1. The number of aliphatic hydroxyl groups excluding tert-OH is 2. The van der Waals surface area contributed by atoms with Crippen LogP contribution in [0.4, 0.5) is 5.69 Å². The van der Waals surface area contributed by atoms with Gasteiger partial charge in [-0.1, -0.05) is 11.6 Å².